The maximum atomic E-state index is 11.7. The number of likely N-dealkylation sites (tertiary alicyclic amines) is 1. The third kappa shape index (κ3) is 3.27. The van der Waals surface area contributed by atoms with Crippen LogP contribution in [0.3, 0.4) is 0 Å². The van der Waals surface area contributed by atoms with E-state index in [9.17, 15) is 13.2 Å². The fourth-order valence-electron chi connectivity index (χ4n) is 2.28. The number of hydrogen-bond acceptors (Lipinski definition) is 5. The van der Waals surface area contributed by atoms with E-state index < -0.39 is 9.84 Å². The minimum absolute atomic E-state index is 0.169. The molecule has 1 fully saturated rings. The van der Waals surface area contributed by atoms with E-state index in [1.807, 2.05) is 0 Å². The number of carbonyl (C=O) groups excluding carboxylic acids is 1. The summed E-state index contributed by atoms with van der Waals surface area (Å²) in [6.07, 6.45) is 4.26. The molecule has 1 amide bonds. The van der Waals surface area contributed by atoms with Crippen LogP contribution >= 0.6 is 0 Å². The molecule has 1 aliphatic heterocycles. The zero-order valence-electron chi connectivity index (χ0n) is 11.7. The number of aromatic nitrogens is 1. The second kappa shape index (κ2) is 5.78. The van der Waals surface area contributed by atoms with Crippen LogP contribution in [0.5, 0.6) is 0 Å². The van der Waals surface area contributed by atoms with Gasteiger partial charge in [-0.1, -0.05) is 0 Å². The molecule has 1 saturated heterocycles. The van der Waals surface area contributed by atoms with Crippen LogP contribution in [0.2, 0.25) is 0 Å². The van der Waals surface area contributed by atoms with Gasteiger partial charge in [-0.25, -0.2) is 13.4 Å². The average Bonchev–Trinajstić information content (AvgIpc) is 2.80. The number of carbonyl (C=O) groups is 1. The van der Waals surface area contributed by atoms with Crippen LogP contribution in [-0.2, 0) is 14.6 Å². The number of anilines is 1. The first kappa shape index (κ1) is 14.8. The quantitative estimate of drug-likeness (QED) is 0.793. The van der Waals surface area contributed by atoms with Crippen molar-refractivity contribution in [2.45, 2.75) is 17.7 Å². The highest BCUT2D eigenvalue weighted by atomic mass is 32.2. The fraction of sp³-hybridized carbons (Fsp3) is 0.538. The topological polar surface area (TPSA) is 70.6 Å². The summed E-state index contributed by atoms with van der Waals surface area (Å²) in [6.45, 7) is 1.94. The Bertz CT molecular complexity index is 601. The zero-order valence-corrected chi connectivity index (χ0v) is 12.6. The SMILES string of the molecule is CN(CCN1CCCC1=O)c1ncccc1S(C)(=O)=O. The van der Waals surface area contributed by atoms with Crippen LogP contribution in [-0.4, -0.2) is 57.1 Å². The normalized spacial score (nSPS) is 15.7. The number of rotatable bonds is 5. The summed E-state index contributed by atoms with van der Waals surface area (Å²) in [5, 5.41) is 0. The second-order valence-electron chi connectivity index (χ2n) is 5.00. The Morgan fingerprint density at radius 1 is 1.45 bits per heavy atom. The van der Waals surface area contributed by atoms with E-state index in [0.717, 1.165) is 13.0 Å². The summed E-state index contributed by atoms with van der Waals surface area (Å²) in [7, 11) is -1.52. The molecule has 0 atom stereocenters. The summed E-state index contributed by atoms with van der Waals surface area (Å²) >= 11 is 0. The Morgan fingerprint density at radius 3 is 2.80 bits per heavy atom. The van der Waals surface area contributed by atoms with Crippen LogP contribution in [0.25, 0.3) is 0 Å². The Labute approximate surface area is 119 Å². The van der Waals surface area contributed by atoms with Crippen molar-refractivity contribution in [2.75, 3.05) is 37.8 Å². The van der Waals surface area contributed by atoms with Crippen molar-refractivity contribution in [2.24, 2.45) is 0 Å². The van der Waals surface area contributed by atoms with Gasteiger partial charge in [-0.2, -0.15) is 0 Å². The lowest BCUT2D eigenvalue weighted by Crippen LogP contribution is -2.34. The zero-order chi connectivity index (χ0) is 14.8. The third-order valence-corrected chi connectivity index (χ3v) is 4.51. The predicted molar refractivity (Wildman–Crippen MR) is 76.4 cm³/mol. The molecule has 0 spiro atoms. The molecule has 110 valence electrons. The van der Waals surface area contributed by atoms with Crippen LogP contribution < -0.4 is 4.90 Å². The summed E-state index contributed by atoms with van der Waals surface area (Å²) in [5.41, 5.74) is 0. The molecule has 0 bridgehead atoms. The maximum absolute atomic E-state index is 11.7. The van der Waals surface area contributed by atoms with Gasteiger partial charge in [-0.15, -0.1) is 0 Å². The predicted octanol–water partition coefficient (Wildman–Crippen LogP) is 0.544. The maximum Gasteiger partial charge on any atom is 0.222 e. The molecule has 1 aromatic heterocycles. The lowest BCUT2D eigenvalue weighted by molar-refractivity contribution is -0.127. The molecule has 0 saturated carbocycles. The molecule has 0 N–H and O–H groups in total. The number of amides is 1. The van der Waals surface area contributed by atoms with Crippen LogP contribution in [0, 0.1) is 0 Å². The molecular formula is C13H19N3O3S. The van der Waals surface area contributed by atoms with E-state index in [0.29, 0.717) is 25.3 Å². The minimum Gasteiger partial charge on any atom is -0.357 e. The highest BCUT2D eigenvalue weighted by Gasteiger charge is 2.21. The number of sulfone groups is 1. The van der Waals surface area contributed by atoms with Crippen molar-refractivity contribution < 1.29 is 13.2 Å². The summed E-state index contributed by atoms with van der Waals surface area (Å²) in [4.78, 5) is 19.5. The molecule has 1 aromatic rings. The molecule has 6 nitrogen and oxygen atoms in total. The molecule has 0 aliphatic carbocycles. The van der Waals surface area contributed by atoms with Gasteiger partial charge in [-0.05, 0) is 18.6 Å². The highest BCUT2D eigenvalue weighted by Crippen LogP contribution is 2.21. The Balaban J connectivity index is 2.09. The van der Waals surface area contributed by atoms with Gasteiger partial charge < -0.3 is 9.80 Å². The van der Waals surface area contributed by atoms with Crippen molar-refractivity contribution in [1.82, 2.24) is 9.88 Å². The molecule has 2 heterocycles. The van der Waals surface area contributed by atoms with Gasteiger partial charge in [-0.3, -0.25) is 4.79 Å². The largest absolute Gasteiger partial charge is 0.357 e. The molecule has 20 heavy (non-hydrogen) atoms. The molecule has 0 aromatic carbocycles. The van der Waals surface area contributed by atoms with Gasteiger partial charge in [0.05, 0.1) is 0 Å². The summed E-state index contributed by atoms with van der Waals surface area (Å²) in [5.74, 6) is 0.601. The lowest BCUT2D eigenvalue weighted by atomic mass is 10.4. The van der Waals surface area contributed by atoms with Gasteiger partial charge in [0.25, 0.3) is 0 Å². The molecular weight excluding hydrogens is 278 g/mol. The number of likely N-dealkylation sites (N-methyl/N-ethyl adjacent to an activating group) is 1. The van der Waals surface area contributed by atoms with E-state index in [1.165, 1.54) is 6.26 Å². The van der Waals surface area contributed by atoms with Gasteiger partial charge >= 0.3 is 0 Å². The number of nitrogens with zero attached hydrogens (tertiary/aromatic N) is 3. The van der Waals surface area contributed by atoms with Crippen LogP contribution in [0.4, 0.5) is 5.82 Å². The molecule has 7 heteroatoms. The van der Waals surface area contributed by atoms with Gasteiger partial charge in [0.1, 0.15) is 10.7 Å². The molecule has 0 radical (unpaired) electrons. The molecule has 1 aliphatic rings. The Hall–Kier alpha value is -1.63. The smallest absolute Gasteiger partial charge is 0.222 e. The standard InChI is InChI=1S/C13H19N3O3S/c1-15(9-10-16-8-4-6-12(16)17)13-11(20(2,18)19)5-3-7-14-13/h3,5,7H,4,6,8-10H2,1-2H3. The first-order chi connectivity index (χ1) is 9.39. The van der Waals surface area contributed by atoms with Gasteiger partial charge in [0.15, 0.2) is 9.84 Å². The molecule has 2 rings (SSSR count). The first-order valence-electron chi connectivity index (χ1n) is 6.53. The monoisotopic (exact) mass is 297 g/mol. The third-order valence-electron chi connectivity index (χ3n) is 3.39. The first-order valence-corrected chi connectivity index (χ1v) is 8.43. The average molecular weight is 297 g/mol. The number of pyridine rings is 1. The fourth-order valence-corrected chi connectivity index (χ4v) is 3.14. The lowest BCUT2D eigenvalue weighted by Gasteiger charge is -2.23. The minimum atomic E-state index is -3.31. The van der Waals surface area contributed by atoms with Gasteiger partial charge in [0, 0.05) is 45.6 Å². The van der Waals surface area contributed by atoms with Crippen LogP contribution in [0.1, 0.15) is 12.8 Å². The van der Waals surface area contributed by atoms with Gasteiger partial charge in [0.2, 0.25) is 5.91 Å². The van der Waals surface area contributed by atoms with E-state index >= 15 is 0 Å². The summed E-state index contributed by atoms with van der Waals surface area (Å²) in [6, 6.07) is 3.16. The van der Waals surface area contributed by atoms with Crippen molar-refractivity contribution in [1.29, 1.82) is 0 Å². The summed E-state index contributed by atoms with van der Waals surface area (Å²) < 4.78 is 23.5. The van der Waals surface area contributed by atoms with Crippen molar-refractivity contribution >= 4 is 21.6 Å². The van der Waals surface area contributed by atoms with Crippen LogP contribution in [0.15, 0.2) is 23.2 Å². The molecule has 0 unspecified atom stereocenters. The Morgan fingerprint density at radius 2 is 2.20 bits per heavy atom. The van der Waals surface area contributed by atoms with Crippen molar-refractivity contribution in [3.63, 3.8) is 0 Å². The van der Waals surface area contributed by atoms with Crippen molar-refractivity contribution in [3.8, 4) is 0 Å². The van der Waals surface area contributed by atoms with E-state index in [2.05, 4.69) is 4.98 Å². The Kier molecular flexibility index (Phi) is 4.27. The number of hydrogen-bond donors (Lipinski definition) is 0. The van der Waals surface area contributed by atoms with Crippen molar-refractivity contribution in [3.05, 3.63) is 18.3 Å². The van der Waals surface area contributed by atoms with E-state index in [-0.39, 0.29) is 10.8 Å². The second-order valence-corrected chi connectivity index (χ2v) is 6.99. The van der Waals surface area contributed by atoms with E-state index in [4.69, 9.17) is 0 Å². The van der Waals surface area contributed by atoms with E-state index in [1.54, 1.807) is 35.2 Å². The highest BCUT2D eigenvalue weighted by molar-refractivity contribution is 7.90.